The van der Waals surface area contributed by atoms with E-state index in [1.807, 2.05) is 13.8 Å². The Kier molecular flexibility index (Phi) is 4.56. The topological polar surface area (TPSA) is 107 Å². The molecule has 0 aromatic carbocycles. The number of nitrogens with two attached hydrogens (primary N) is 1. The van der Waals surface area contributed by atoms with E-state index in [2.05, 4.69) is 32.6 Å². The zero-order valence-electron chi connectivity index (χ0n) is 12.1. The first-order valence-corrected chi connectivity index (χ1v) is 6.76. The molecule has 8 heteroatoms. The van der Waals surface area contributed by atoms with E-state index in [0.29, 0.717) is 5.95 Å². The van der Waals surface area contributed by atoms with Crippen LogP contribution in [0.2, 0.25) is 0 Å². The first-order chi connectivity index (χ1) is 9.50. The van der Waals surface area contributed by atoms with Gasteiger partial charge in [0.2, 0.25) is 11.9 Å². The molecular formula is C12H22N6O2. The van der Waals surface area contributed by atoms with Gasteiger partial charge < -0.3 is 14.8 Å². The molecule has 0 radical (unpaired) electrons. The summed E-state index contributed by atoms with van der Waals surface area (Å²) in [5.74, 6) is 6.10. The molecule has 0 bridgehead atoms. The Morgan fingerprint density at radius 2 is 1.85 bits per heavy atom. The van der Waals surface area contributed by atoms with Crippen LogP contribution in [0, 0.1) is 0 Å². The lowest BCUT2D eigenvalue weighted by Gasteiger charge is -2.34. The van der Waals surface area contributed by atoms with Crippen LogP contribution in [-0.2, 0) is 4.74 Å². The number of anilines is 2. The maximum absolute atomic E-state index is 5.50. The largest absolute Gasteiger partial charge is 0.461 e. The standard InChI is InChI=1S/C12H22N6O2/c1-8(2)20-11-15-9(14-10(16-11)18-13)17-12(3)4-6-19-7-5-12/h8H,4-7,13H2,1-3H3,(H2,14,15,16,17,18). The van der Waals surface area contributed by atoms with E-state index in [1.54, 1.807) is 0 Å². The molecule has 0 atom stereocenters. The summed E-state index contributed by atoms with van der Waals surface area (Å²) in [6, 6.07) is 0.251. The van der Waals surface area contributed by atoms with Crippen molar-refractivity contribution in [1.29, 1.82) is 0 Å². The Labute approximate surface area is 118 Å². The summed E-state index contributed by atoms with van der Waals surface area (Å²) >= 11 is 0. The summed E-state index contributed by atoms with van der Waals surface area (Å²) in [6.45, 7) is 7.40. The molecular weight excluding hydrogens is 260 g/mol. The lowest BCUT2D eigenvalue weighted by atomic mass is 9.93. The summed E-state index contributed by atoms with van der Waals surface area (Å²) in [5.41, 5.74) is 2.33. The van der Waals surface area contributed by atoms with Gasteiger partial charge >= 0.3 is 6.01 Å². The van der Waals surface area contributed by atoms with Gasteiger partial charge in [-0.2, -0.15) is 15.0 Å². The van der Waals surface area contributed by atoms with Gasteiger partial charge in [0.15, 0.2) is 0 Å². The Hall–Kier alpha value is -1.67. The van der Waals surface area contributed by atoms with Crippen LogP contribution in [0.3, 0.4) is 0 Å². The van der Waals surface area contributed by atoms with Crippen molar-refractivity contribution >= 4 is 11.9 Å². The minimum Gasteiger partial charge on any atom is -0.461 e. The summed E-state index contributed by atoms with van der Waals surface area (Å²) in [4.78, 5) is 12.5. The Balaban J connectivity index is 2.17. The third-order valence-electron chi connectivity index (χ3n) is 3.10. The van der Waals surface area contributed by atoms with Crippen molar-refractivity contribution in [2.45, 2.75) is 45.3 Å². The van der Waals surface area contributed by atoms with Crippen molar-refractivity contribution in [2.24, 2.45) is 5.84 Å². The normalized spacial score (nSPS) is 17.9. The van der Waals surface area contributed by atoms with Gasteiger partial charge in [-0.3, -0.25) is 5.43 Å². The lowest BCUT2D eigenvalue weighted by Crippen LogP contribution is -2.41. The van der Waals surface area contributed by atoms with Crippen LogP contribution in [0.15, 0.2) is 0 Å². The fraction of sp³-hybridized carbons (Fsp3) is 0.750. The highest BCUT2D eigenvalue weighted by Gasteiger charge is 2.28. The van der Waals surface area contributed by atoms with Crippen LogP contribution < -0.4 is 21.3 Å². The van der Waals surface area contributed by atoms with Crippen molar-refractivity contribution in [3.8, 4) is 6.01 Å². The number of aromatic nitrogens is 3. The molecule has 2 rings (SSSR count). The molecule has 2 heterocycles. The van der Waals surface area contributed by atoms with Gasteiger partial charge in [-0.25, -0.2) is 5.84 Å². The minimum absolute atomic E-state index is 0.0189. The third-order valence-corrected chi connectivity index (χ3v) is 3.10. The molecule has 20 heavy (non-hydrogen) atoms. The van der Waals surface area contributed by atoms with E-state index in [-0.39, 0.29) is 23.6 Å². The quantitative estimate of drug-likeness (QED) is 0.540. The third kappa shape index (κ3) is 3.91. The number of hydrazine groups is 1. The smallest absolute Gasteiger partial charge is 0.323 e. The Morgan fingerprint density at radius 3 is 2.45 bits per heavy atom. The van der Waals surface area contributed by atoms with Crippen molar-refractivity contribution in [3.63, 3.8) is 0 Å². The van der Waals surface area contributed by atoms with Crippen LogP contribution in [0.1, 0.15) is 33.6 Å². The second-order valence-corrected chi connectivity index (χ2v) is 5.37. The van der Waals surface area contributed by atoms with Crippen LogP contribution in [0.4, 0.5) is 11.9 Å². The number of ether oxygens (including phenoxy) is 2. The van der Waals surface area contributed by atoms with E-state index in [9.17, 15) is 0 Å². The Morgan fingerprint density at radius 1 is 1.20 bits per heavy atom. The van der Waals surface area contributed by atoms with Gasteiger partial charge in [-0.15, -0.1) is 0 Å². The monoisotopic (exact) mass is 282 g/mol. The molecule has 1 aromatic heterocycles. The predicted octanol–water partition coefficient (Wildman–Crippen LogP) is 0.925. The molecule has 0 amide bonds. The molecule has 4 N–H and O–H groups in total. The highest BCUT2D eigenvalue weighted by atomic mass is 16.5. The second kappa shape index (κ2) is 6.19. The van der Waals surface area contributed by atoms with Gasteiger partial charge in [-0.05, 0) is 33.6 Å². The number of hydrogen-bond donors (Lipinski definition) is 3. The fourth-order valence-electron chi connectivity index (χ4n) is 1.96. The van der Waals surface area contributed by atoms with Crippen molar-refractivity contribution < 1.29 is 9.47 Å². The first-order valence-electron chi connectivity index (χ1n) is 6.76. The van der Waals surface area contributed by atoms with E-state index in [0.717, 1.165) is 26.1 Å². The van der Waals surface area contributed by atoms with Gasteiger partial charge in [-0.1, -0.05) is 0 Å². The molecule has 0 aliphatic carbocycles. The average Bonchev–Trinajstić information content (AvgIpc) is 2.37. The fourth-order valence-corrected chi connectivity index (χ4v) is 1.96. The zero-order valence-corrected chi connectivity index (χ0v) is 12.1. The number of hydrogen-bond acceptors (Lipinski definition) is 8. The van der Waals surface area contributed by atoms with E-state index >= 15 is 0 Å². The van der Waals surface area contributed by atoms with Crippen LogP contribution >= 0.6 is 0 Å². The van der Waals surface area contributed by atoms with Crippen molar-refractivity contribution in [2.75, 3.05) is 24.0 Å². The summed E-state index contributed by atoms with van der Waals surface area (Å²) in [7, 11) is 0. The highest BCUT2D eigenvalue weighted by Crippen LogP contribution is 2.24. The van der Waals surface area contributed by atoms with Gasteiger partial charge in [0, 0.05) is 18.8 Å². The molecule has 0 unspecified atom stereocenters. The van der Waals surface area contributed by atoms with Crippen LogP contribution in [0.5, 0.6) is 6.01 Å². The van der Waals surface area contributed by atoms with E-state index < -0.39 is 0 Å². The van der Waals surface area contributed by atoms with E-state index in [1.165, 1.54) is 0 Å². The molecule has 112 valence electrons. The SMILES string of the molecule is CC(C)Oc1nc(NN)nc(NC2(C)CCOCC2)n1. The molecule has 0 spiro atoms. The summed E-state index contributed by atoms with van der Waals surface area (Å²) < 4.78 is 10.9. The molecule has 1 saturated heterocycles. The van der Waals surface area contributed by atoms with Gasteiger partial charge in [0.05, 0.1) is 6.10 Å². The van der Waals surface area contributed by atoms with E-state index in [4.69, 9.17) is 15.3 Å². The van der Waals surface area contributed by atoms with Crippen molar-refractivity contribution in [1.82, 2.24) is 15.0 Å². The number of nitrogen functional groups attached to an aromatic ring is 1. The molecule has 1 aromatic rings. The second-order valence-electron chi connectivity index (χ2n) is 5.37. The average molecular weight is 282 g/mol. The van der Waals surface area contributed by atoms with Crippen LogP contribution in [0.25, 0.3) is 0 Å². The predicted molar refractivity (Wildman–Crippen MR) is 75.5 cm³/mol. The molecule has 1 fully saturated rings. The molecule has 1 aliphatic heterocycles. The Bertz CT molecular complexity index is 448. The molecule has 8 nitrogen and oxygen atoms in total. The van der Waals surface area contributed by atoms with Gasteiger partial charge in [0.1, 0.15) is 0 Å². The first kappa shape index (κ1) is 14.7. The maximum Gasteiger partial charge on any atom is 0.323 e. The zero-order chi connectivity index (χ0) is 14.6. The molecule has 1 aliphatic rings. The lowest BCUT2D eigenvalue weighted by molar-refractivity contribution is 0.0655. The highest BCUT2D eigenvalue weighted by molar-refractivity contribution is 5.37. The number of nitrogens with zero attached hydrogens (tertiary/aromatic N) is 3. The van der Waals surface area contributed by atoms with Crippen molar-refractivity contribution in [3.05, 3.63) is 0 Å². The number of rotatable bonds is 5. The number of nitrogens with one attached hydrogen (secondary N) is 2. The molecule has 0 saturated carbocycles. The summed E-state index contributed by atoms with van der Waals surface area (Å²) in [6.07, 6.45) is 1.77. The minimum atomic E-state index is -0.0967. The van der Waals surface area contributed by atoms with Crippen LogP contribution in [-0.4, -0.2) is 39.8 Å². The van der Waals surface area contributed by atoms with Gasteiger partial charge in [0.25, 0.3) is 0 Å². The maximum atomic E-state index is 5.50. The summed E-state index contributed by atoms with van der Waals surface area (Å²) in [5, 5.41) is 3.33.